The number of carbonyl (C=O) groups excluding carboxylic acids is 2. The van der Waals surface area contributed by atoms with Crippen LogP contribution in [-0.2, 0) is 20.7 Å². The number of rotatable bonds is 3. The van der Waals surface area contributed by atoms with Gasteiger partial charge in [-0.15, -0.1) is 0 Å². The summed E-state index contributed by atoms with van der Waals surface area (Å²) in [6.07, 6.45) is 1.91. The standard InChI is InChI=1S/C12H17N3O3/c1-8-6-15(7-10(8)12(17)18-2)11(16)5-9-3-4-13-14-9/h3-4,8,10H,5-7H2,1-2H3,(H,13,14). The summed E-state index contributed by atoms with van der Waals surface area (Å²) in [5.74, 6) is -0.291. The summed E-state index contributed by atoms with van der Waals surface area (Å²) in [6, 6.07) is 1.77. The predicted molar refractivity (Wildman–Crippen MR) is 63.5 cm³/mol. The van der Waals surface area contributed by atoms with Crippen LogP contribution in [0.4, 0.5) is 0 Å². The number of nitrogens with one attached hydrogen (secondary N) is 1. The van der Waals surface area contributed by atoms with Crippen molar-refractivity contribution in [3.63, 3.8) is 0 Å². The SMILES string of the molecule is COC(=O)C1CN(C(=O)Cc2ccn[nH]2)CC1C. The van der Waals surface area contributed by atoms with E-state index in [2.05, 4.69) is 10.2 Å². The van der Waals surface area contributed by atoms with Crippen molar-refractivity contribution in [2.24, 2.45) is 11.8 Å². The van der Waals surface area contributed by atoms with Gasteiger partial charge in [-0.3, -0.25) is 14.7 Å². The molecule has 0 aliphatic carbocycles. The monoisotopic (exact) mass is 251 g/mol. The Kier molecular flexibility index (Phi) is 3.64. The molecule has 98 valence electrons. The molecule has 1 saturated heterocycles. The minimum atomic E-state index is -0.237. The smallest absolute Gasteiger partial charge is 0.310 e. The summed E-state index contributed by atoms with van der Waals surface area (Å²) >= 11 is 0. The molecule has 6 nitrogen and oxygen atoms in total. The minimum absolute atomic E-state index is 0.0116. The molecule has 0 saturated carbocycles. The molecule has 0 aromatic carbocycles. The van der Waals surface area contributed by atoms with Gasteiger partial charge in [0.15, 0.2) is 0 Å². The van der Waals surface area contributed by atoms with Crippen LogP contribution in [0.2, 0.25) is 0 Å². The van der Waals surface area contributed by atoms with Gasteiger partial charge in [0, 0.05) is 25.0 Å². The third kappa shape index (κ3) is 2.52. The van der Waals surface area contributed by atoms with E-state index in [0.717, 1.165) is 5.69 Å². The highest BCUT2D eigenvalue weighted by molar-refractivity contribution is 5.81. The van der Waals surface area contributed by atoms with E-state index >= 15 is 0 Å². The van der Waals surface area contributed by atoms with Crippen LogP contribution in [-0.4, -0.2) is 47.2 Å². The van der Waals surface area contributed by atoms with Crippen molar-refractivity contribution in [2.45, 2.75) is 13.3 Å². The number of amides is 1. The second-order valence-corrected chi connectivity index (χ2v) is 4.66. The summed E-state index contributed by atoms with van der Waals surface area (Å²) in [7, 11) is 1.38. The number of carbonyl (C=O) groups is 2. The zero-order valence-electron chi connectivity index (χ0n) is 10.5. The van der Waals surface area contributed by atoms with E-state index in [4.69, 9.17) is 4.74 Å². The fraction of sp³-hybridized carbons (Fsp3) is 0.583. The molecule has 2 atom stereocenters. The molecule has 1 aliphatic rings. The predicted octanol–water partition coefficient (Wildman–Crippen LogP) is 0.220. The molecule has 1 aromatic rings. The zero-order chi connectivity index (χ0) is 13.1. The first-order valence-electron chi connectivity index (χ1n) is 5.95. The van der Waals surface area contributed by atoms with Gasteiger partial charge in [-0.25, -0.2) is 0 Å². The van der Waals surface area contributed by atoms with Gasteiger partial charge in [0.1, 0.15) is 0 Å². The lowest BCUT2D eigenvalue weighted by Crippen LogP contribution is -2.31. The minimum Gasteiger partial charge on any atom is -0.469 e. The number of H-pyrrole nitrogens is 1. The third-order valence-corrected chi connectivity index (χ3v) is 3.37. The molecular weight excluding hydrogens is 234 g/mol. The highest BCUT2D eigenvalue weighted by Gasteiger charge is 2.37. The van der Waals surface area contributed by atoms with E-state index in [1.807, 2.05) is 6.92 Å². The first-order chi connectivity index (χ1) is 8.61. The fourth-order valence-electron chi connectivity index (χ4n) is 2.29. The average Bonchev–Trinajstić information content (AvgIpc) is 2.97. The Labute approximate surface area is 105 Å². The van der Waals surface area contributed by atoms with Gasteiger partial charge in [-0.2, -0.15) is 5.10 Å². The second-order valence-electron chi connectivity index (χ2n) is 4.66. The summed E-state index contributed by atoms with van der Waals surface area (Å²) in [5.41, 5.74) is 0.786. The van der Waals surface area contributed by atoms with E-state index in [1.165, 1.54) is 7.11 Å². The zero-order valence-corrected chi connectivity index (χ0v) is 10.5. The van der Waals surface area contributed by atoms with Crippen molar-refractivity contribution < 1.29 is 14.3 Å². The van der Waals surface area contributed by atoms with Crippen LogP contribution in [0.15, 0.2) is 12.3 Å². The molecule has 1 N–H and O–H groups in total. The van der Waals surface area contributed by atoms with Gasteiger partial charge in [0.25, 0.3) is 0 Å². The molecule has 6 heteroatoms. The van der Waals surface area contributed by atoms with Crippen LogP contribution in [0, 0.1) is 11.8 Å². The second kappa shape index (κ2) is 5.20. The number of hydrogen-bond donors (Lipinski definition) is 1. The molecule has 1 amide bonds. The lowest BCUT2D eigenvalue weighted by atomic mass is 9.99. The Morgan fingerprint density at radius 2 is 2.33 bits per heavy atom. The van der Waals surface area contributed by atoms with E-state index in [-0.39, 0.29) is 23.7 Å². The number of hydrogen-bond acceptors (Lipinski definition) is 4. The van der Waals surface area contributed by atoms with E-state index in [1.54, 1.807) is 17.2 Å². The lowest BCUT2D eigenvalue weighted by molar-refractivity contribution is -0.146. The molecular formula is C12H17N3O3. The van der Waals surface area contributed by atoms with E-state index in [9.17, 15) is 9.59 Å². The Morgan fingerprint density at radius 1 is 1.56 bits per heavy atom. The van der Waals surface area contributed by atoms with Crippen molar-refractivity contribution in [3.05, 3.63) is 18.0 Å². The van der Waals surface area contributed by atoms with Crippen LogP contribution < -0.4 is 0 Å². The summed E-state index contributed by atoms with van der Waals surface area (Å²) in [6.45, 7) is 3.01. The summed E-state index contributed by atoms with van der Waals surface area (Å²) in [5, 5.41) is 6.56. The lowest BCUT2D eigenvalue weighted by Gasteiger charge is -2.15. The summed E-state index contributed by atoms with van der Waals surface area (Å²) < 4.78 is 4.75. The number of aromatic nitrogens is 2. The molecule has 0 spiro atoms. The van der Waals surface area contributed by atoms with Crippen LogP contribution in [0.5, 0.6) is 0 Å². The fourth-order valence-corrected chi connectivity index (χ4v) is 2.29. The highest BCUT2D eigenvalue weighted by atomic mass is 16.5. The Balaban J connectivity index is 1.95. The van der Waals surface area contributed by atoms with Gasteiger partial charge in [-0.05, 0) is 12.0 Å². The average molecular weight is 251 g/mol. The molecule has 1 fully saturated rings. The van der Waals surface area contributed by atoms with Crippen LogP contribution >= 0.6 is 0 Å². The van der Waals surface area contributed by atoms with E-state index < -0.39 is 0 Å². The maximum absolute atomic E-state index is 12.0. The molecule has 2 unspecified atom stereocenters. The number of nitrogens with zero attached hydrogens (tertiary/aromatic N) is 2. The molecule has 2 heterocycles. The molecule has 1 aliphatic heterocycles. The highest BCUT2D eigenvalue weighted by Crippen LogP contribution is 2.24. The first kappa shape index (κ1) is 12.6. The quantitative estimate of drug-likeness (QED) is 0.780. The largest absolute Gasteiger partial charge is 0.469 e. The van der Waals surface area contributed by atoms with Gasteiger partial charge in [0.05, 0.1) is 19.4 Å². The Bertz CT molecular complexity index is 430. The maximum Gasteiger partial charge on any atom is 0.310 e. The van der Waals surface area contributed by atoms with Crippen molar-refractivity contribution in [2.75, 3.05) is 20.2 Å². The normalized spacial score (nSPS) is 23.1. The van der Waals surface area contributed by atoms with Gasteiger partial charge < -0.3 is 9.64 Å². The summed E-state index contributed by atoms with van der Waals surface area (Å²) in [4.78, 5) is 25.3. The van der Waals surface area contributed by atoms with Gasteiger partial charge in [-0.1, -0.05) is 6.92 Å². The molecule has 18 heavy (non-hydrogen) atoms. The molecule has 2 rings (SSSR count). The maximum atomic E-state index is 12.0. The number of methoxy groups -OCH3 is 1. The first-order valence-corrected chi connectivity index (χ1v) is 5.95. The molecule has 0 bridgehead atoms. The van der Waals surface area contributed by atoms with Crippen molar-refractivity contribution in [3.8, 4) is 0 Å². The number of aromatic amines is 1. The number of likely N-dealkylation sites (tertiary alicyclic amines) is 1. The van der Waals surface area contributed by atoms with Crippen molar-refractivity contribution >= 4 is 11.9 Å². The molecule has 0 radical (unpaired) electrons. The number of ether oxygens (including phenoxy) is 1. The van der Waals surface area contributed by atoms with Crippen LogP contribution in [0.1, 0.15) is 12.6 Å². The third-order valence-electron chi connectivity index (χ3n) is 3.37. The van der Waals surface area contributed by atoms with Gasteiger partial charge >= 0.3 is 5.97 Å². The molecule has 1 aromatic heterocycles. The van der Waals surface area contributed by atoms with Crippen LogP contribution in [0.3, 0.4) is 0 Å². The van der Waals surface area contributed by atoms with Crippen molar-refractivity contribution in [1.82, 2.24) is 15.1 Å². The van der Waals surface area contributed by atoms with E-state index in [0.29, 0.717) is 19.5 Å². The number of esters is 1. The van der Waals surface area contributed by atoms with Crippen molar-refractivity contribution in [1.29, 1.82) is 0 Å². The topological polar surface area (TPSA) is 75.3 Å². The van der Waals surface area contributed by atoms with Gasteiger partial charge in [0.2, 0.25) is 5.91 Å². The Morgan fingerprint density at radius 3 is 2.94 bits per heavy atom. The van der Waals surface area contributed by atoms with Crippen LogP contribution in [0.25, 0.3) is 0 Å². The Hall–Kier alpha value is -1.85.